The molecule has 1 amide bonds. The van der Waals surface area contributed by atoms with E-state index in [1.807, 2.05) is 12.1 Å². The van der Waals surface area contributed by atoms with Gasteiger partial charge in [0.15, 0.2) is 0 Å². The van der Waals surface area contributed by atoms with Gasteiger partial charge in [-0.2, -0.15) is 0 Å². The Morgan fingerprint density at radius 1 is 1.29 bits per heavy atom. The molecule has 0 aliphatic carbocycles. The lowest BCUT2D eigenvalue weighted by atomic mass is 10.1. The molecule has 2 aromatic rings. The Morgan fingerprint density at radius 2 is 2.00 bits per heavy atom. The molecule has 5 heteroatoms. The van der Waals surface area contributed by atoms with Crippen molar-refractivity contribution >= 4 is 23.2 Å². The van der Waals surface area contributed by atoms with Gasteiger partial charge in [0.2, 0.25) is 5.91 Å². The molecule has 0 unspecified atom stereocenters. The molecule has 21 heavy (non-hydrogen) atoms. The molecule has 0 saturated carbocycles. The fourth-order valence-corrected chi connectivity index (χ4v) is 2.27. The van der Waals surface area contributed by atoms with Crippen LogP contribution in [0.15, 0.2) is 42.5 Å². The molecule has 0 saturated heterocycles. The second kappa shape index (κ2) is 6.59. The lowest BCUT2D eigenvalue weighted by Gasteiger charge is -2.18. The summed E-state index contributed by atoms with van der Waals surface area (Å²) in [4.78, 5) is 13.7. The summed E-state index contributed by atoms with van der Waals surface area (Å²) < 4.78 is 13.7. The summed E-state index contributed by atoms with van der Waals surface area (Å²) in [6.45, 7) is 0.413. The maximum absolute atomic E-state index is 13.7. The van der Waals surface area contributed by atoms with Gasteiger partial charge in [-0.3, -0.25) is 4.79 Å². The van der Waals surface area contributed by atoms with Gasteiger partial charge in [-0.05, 0) is 29.8 Å². The minimum absolute atomic E-state index is 0.0652. The Kier molecular flexibility index (Phi) is 4.81. The third kappa shape index (κ3) is 3.95. The van der Waals surface area contributed by atoms with E-state index in [1.165, 1.54) is 17.0 Å². The zero-order valence-electron chi connectivity index (χ0n) is 11.6. The molecule has 0 radical (unpaired) electrons. The molecule has 0 bridgehead atoms. The quantitative estimate of drug-likeness (QED) is 0.881. The topological polar surface area (TPSA) is 46.3 Å². The van der Waals surface area contributed by atoms with Gasteiger partial charge in [-0.25, -0.2) is 4.39 Å². The standard InChI is InChI=1S/C16H16ClFN2O/c1-20(10-11-4-2-5-12(19)8-11)16(21)9-13-14(17)6-3-7-15(13)18/h2-8H,9-10,19H2,1H3. The van der Waals surface area contributed by atoms with Crippen LogP contribution < -0.4 is 5.73 Å². The van der Waals surface area contributed by atoms with Crippen molar-refractivity contribution in [2.75, 3.05) is 12.8 Å². The zero-order chi connectivity index (χ0) is 15.4. The molecule has 0 atom stereocenters. The zero-order valence-corrected chi connectivity index (χ0v) is 12.4. The smallest absolute Gasteiger partial charge is 0.227 e. The SMILES string of the molecule is CN(Cc1cccc(N)c1)C(=O)Cc1c(F)cccc1Cl. The highest BCUT2D eigenvalue weighted by atomic mass is 35.5. The van der Waals surface area contributed by atoms with Gasteiger partial charge >= 0.3 is 0 Å². The third-order valence-corrected chi connectivity index (χ3v) is 3.54. The molecule has 0 aliphatic rings. The number of likely N-dealkylation sites (N-methyl/N-ethyl adjacent to an activating group) is 1. The van der Waals surface area contributed by atoms with Crippen LogP contribution in [0.4, 0.5) is 10.1 Å². The Labute approximate surface area is 128 Å². The Hall–Kier alpha value is -2.07. The van der Waals surface area contributed by atoms with Gasteiger partial charge in [0.05, 0.1) is 6.42 Å². The van der Waals surface area contributed by atoms with Crippen molar-refractivity contribution in [1.82, 2.24) is 4.90 Å². The van der Waals surface area contributed by atoms with E-state index in [1.54, 1.807) is 25.2 Å². The minimum atomic E-state index is -0.465. The van der Waals surface area contributed by atoms with Crippen molar-refractivity contribution in [2.24, 2.45) is 0 Å². The van der Waals surface area contributed by atoms with Crippen molar-refractivity contribution in [2.45, 2.75) is 13.0 Å². The second-order valence-corrected chi connectivity index (χ2v) is 5.28. The monoisotopic (exact) mass is 306 g/mol. The van der Waals surface area contributed by atoms with Crippen LogP contribution in [-0.2, 0) is 17.8 Å². The normalized spacial score (nSPS) is 10.4. The minimum Gasteiger partial charge on any atom is -0.399 e. The second-order valence-electron chi connectivity index (χ2n) is 4.87. The summed E-state index contributed by atoms with van der Waals surface area (Å²) in [7, 11) is 1.67. The van der Waals surface area contributed by atoms with Crippen LogP contribution in [0.1, 0.15) is 11.1 Å². The predicted molar refractivity (Wildman–Crippen MR) is 82.4 cm³/mol. The van der Waals surface area contributed by atoms with E-state index in [-0.39, 0.29) is 22.9 Å². The molecule has 110 valence electrons. The highest BCUT2D eigenvalue weighted by Crippen LogP contribution is 2.20. The van der Waals surface area contributed by atoms with Crippen LogP contribution in [-0.4, -0.2) is 17.9 Å². The van der Waals surface area contributed by atoms with Crippen molar-refractivity contribution in [3.63, 3.8) is 0 Å². The lowest BCUT2D eigenvalue weighted by Crippen LogP contribution is -2.28. The van der Waals surface area contributed by atoms with Crippen LogP contribution in [0, 0.1) is 5.82 Å². The molecule has 0 aliphatic heterocycles. The number of rotatable bonds is 4. The largest absolute Gasteiger partial charge is 0.399 e. The van der Waals surface area contributed by atoms with Gasteiger partial charge in [-0.15, -0.1) is 0 Å². The molecule has 2 rings (SSSR count). The molecule has 0 aromatic heterocycles. The number of carbonyl (C=O) groups excluding carboxylic acids is 1. The van der Waals surface area contributed by atoms with Crippen LogP contribution in [0.5, 0.6) is 0 Å². The summed E-state index contributed by atoms with van der Waals surface area (Å²) in [5.41, 5.74) is 7.49. The number of amides is 1. The fourth-order valence-electron chi connectivity index (χ4n) is 2.04. The van der Waals surface area contributed by atoms with Crippen molar-refractivity contribution < 1.29 is 9.18 Å². The maximum atomic E-state index is 13.7. The number of nitrogens with two attached hydrogens (primary N) is 1. The van der Waals surface area contributed by atoms with Crippen molar-refractivity contribution in [1.29, 1.82) is 0 Å². The van der Waals surface area contributed by atoms with Crippen LogP contribution in [0.2, 0.25) is 5.02 Å². The highest BCUT2D eigenvalue weighted by molar-refractivity contribution is 6.31. The molecule has 2 aromatic carbocycles. The van der Waals surface area contributed by atoms with Gasteiger partial charge in [0.25, 0.3) is 0 Å². The first-order valence-corrected chi connectivity index (χ1v) is 6.86. The highest BCUT2D eigenvalue weighted by Gasteiger charge is 2.15. The lowest BCUT2D eigenvalue weighted by molar-refractivity contribution is -0.129. The van der Waals surface area contributed by atoms with Crippen molar-refractivity contribution in [3.8, 4) is 0 Å². The van der Waals surface area contributed by atoms with E-state index in [4.69, 9.17) is 17.3 Å². The molecule has 0 spiro atoms. The number of hydrogen-bond donors (Lipinski definition) is 1. The van der Waals surface area contributed by atoms with E-state index in [2.05, 4.69) is 0 Å². The number of anilines is 1. The van der Waals surface area contributed by atoms with E-state index in [0.29, 0.717) is 12.2 Å². The number of hydrogen-bond acceptors (Lipinski definition) is 2. The first-order valence-electron chi connectivity index (χ1n) is 6.48. The average Bonchev–Trinajstić information content (AvgIpc) is 2.43. The Morgan fingerprint density at radius 3 is 2.67 bits per heavy atom. The molecular formula is C16H16ClFN2O. The predicted octanol–water partition coefficient (Wildman–Crippen LogP) is 3.26. The van der Waals surface area contributed by atoms with E-state index >= 15 is 0 Å². The van der Waals surface area contributed by atoms with Crippen LogP contribution in [0.25, 0.3) is 0 Å². The third-order valence-electron chi connectivity index (χ3n) is 3.19. The number of nitrogens with zero attached hydrogens (tertiary/aromatic N) is 1. The fraction of sp³-hybridized carbons (Fsp3) is 0.188. The average molecular weight is 307 g/mol. The van der Waals surface area contributed by atoms with Crippen molar-refractivity contribution in [3.05, 3.63) is 64.4 Å². The summed E-state index contributed by atoms with van der Waals surface area (Å²) in [6.07, 6.45) is -0.0652. The summed E-state index contributed by atoms with van der Waals surface area (Å²) in [5, 5.41) is 0.265. The van der Waals surface area contributed by atoms with Gasteiger partial charge < -0.3 is 10.6 Å². The Balaban J connectivity index is 2.06. The van der Waals surface area contributed by atoms with Crippen LogP contribution >= 0.6 is 11.6 Å². The Bertz CT molecular complexity index is 640. The number of nitrogen functional groups attached to an aromatic ring is 1. The van der Waals surface area contributed by atoms with Gasteiger partial charge in [-0.1, -0.05) is 29.8 Å². The molecular weight excluding hydrogens is 291 g/mol. The summed E-state index contributed by atoms with van der Waals surface area (Å²) in [5.74, 6) is -0.669. The van der Waals surface area contributed by atoms with E-state index in [0.717, 1.165) is 5.56 Å². The first-order chi connectivity index (χ1) is 9.97. The van der Waals surface area contributed by atoms with Gasteiger partial charge in [0.1, 0.15) is 5.82 Å². The van der Waals surface area contributed by atoms with Crippen LogP contribution in [0.3, 0.4) is 0 Å². The van der Waals surface area contributed by atoms with Gasteiger partial charge in [0, 0.05) is 29.9 Å². The number of halogens is 2. The first kappa shape index (κ1) is 15.3. The van der Waals surface area contributed by atoms with E-state index in [9.17, 15) is 9.18 Å². The summed E-state index contributed by atoms with van der Waals surface area (Å²) >= 11 is 5.93. The maximum Gasteiger partial charge on any atom is 0.227 e. The molecule has 2 N–H and O–H groups in total. The number of benzene rings is 2. The molecule has 3 nitrogen and oxygen atoms in total. The molecule has 0 fully saturated rings. The van der Waals surface area contributed by atoms with E-state index < -0.39 is 5.82 Å². The molecule has 0 heterocycles. The summed E-state index contributed by atoms with van der Waals surface area (Å²) in [6, 6.07) is 11.7. The number of carbonyl (C=O) groups is 1.